The van der Waals surface area contributed by atoms with E-state index in [1.165, 1.54) is 4.57 Å². The fourth-order valence-corrected chi connectivity index (χ4v) is 4.71. The highest BCUT2D eigenvalue weighted by Crippen LogP contribution is 2.25. The van der Waals surface area contributed by atoms with Crippen LogP contribution in [0, 0.1) is 0 Å². The summed E-state index contributed by atoms with van der Waals surface area (Å²) >= 11 is 0. The predicted octanol–water partition coefficient (Wildman–Crippen LogP) is 1.31. The Balaban J connectivity index is 1.54. The van der Waals surface area contributed by atoms with Crippen LogP contribution < -0.4 is 16.1 Å². The number of esters is 1. The monoisotopic (exact) mass is 476 g/mol. The van der Waals surface area contributed by atoms with Gasteiger partial charge in [-0.1, -0.05) is 42.5 Å². The van der Waals surface area contributed by atoms with Crippen molar-refractivity contribution in [2.24, 2.45) is 7.05 Å². The van der Waals surface area contributed by atoms with Gasteiger partial charge in [-0.2, -0.15) is 4.98 Å². The normalized spacial score (nSPS) is 14.6. The number of carbonyl (C=O) groups is 1. The van der Waals surface area contributed by atoms with Gasteiger partial charge in [-0.25, -0.2) is 4.79 Å². The van der Waals surface area contributed by atoms with E-state index in [9.17, 15) is 14.4 Å². The summed E-state index contributed by atoms with van der Waals surface area (Å²) in [7, 11) is 1.61. The molecule has 0 aliphatic carbocycles. The molecule has 3 heterocycles. The van der Waals surface area contributed by atoms with Crippen LogP contribution in [0.3, 0.4) is 0 Å². The van der Waals surface area contributed by atoms with E-state index in [4.69, 9.17) is 9.72 Å². The van der Waals surface area contributed by atoms with Gasteiger partial charge >= 0.3 is 11.7 Å². The lowest BCUT2D eigenvalue weighted by atomic mass is 10.0. The van der Waals surface area contributed by atoms with Crippen LogP contribution >= 0.6 is 0 Å². The number of anilines is 1. The van der Waals surface area contributed by atoms with Gasteiger partial charge in [0.2, 0.25) is 5.95 Å². The number of aromatic amines is 1. The predicted molar refractivity (Wildman–Crippen MR) is 134 cm³/mol. The Morgan fingerprint density at radius 1 is 1.06 bits per heavy atom. The van der Waals surface area contributed by atoms with E-state index in [-0.39, 0.29) is 12.5 Å². The van der Waals surface area contributed by atoms with Gasteiger partial charge in [0.1, 0.15) is 0 Å². The molecule has 5 rings (SSSR count). The summed E-state index contributed by atoms with van der Waals surface area (Å²) in [4.78, 5) is 48.5. The third kappa shape index (κ3) is 4.32. The lowest BCUT2D eigenvalue weighted by molar-refractivity contribution is -0.144. The lowest BCUT2D eigenvalue weighted by Crippen LogP contribution is -2.49. The smallest absolute Gasteiger partial charge is 0.329 e. The van der Waals surface area contributed by atoms with Crippen molar-refractivity contribution < 1.29 is 9.53 Å². The number of nitrogens with one attached hydrogen (secondary N) is 1. The van der Waals surface area contributed by atoms with Crippen LogP contribution in [0.25, 0.3) is 21.9 Å². The standard InChI is InChI=1S/C25H28N6O4/c1-3-35-20(32)16-29-11-13-30(14-12-29)24-26-22-21(23(33)27-25(34)28(22)2)31(24)15-18-9-6-8-17-7-4-5-10-19(17)18/h4-10H,3,11-16H2,1-2H3,(H,27,33,34). The number of fused-ring (bicyclic) bond motifs is 2. The molecule has 10 nitrogen and oxygen atoms in total. The fraction of sp³-hybridized carbons (Fsp3) is 0.360. The van der Waals surface area contributed by atoms with Gasteiger partial charge in [0.15, 0.2) is 11.2 Å². The first kappa shape index (κ1) is 22.9. The summed E-state index contributed by atoms with van der Waals surface area (Å²) < 4.78 is 8.34. The lowest BCUT2D eigenvalue weighted by Gasteiger charge is -2.34. The number of rotatable bonds is 6. The number of aromatic nitrogens is 4. The van der Waals surface area contributed by atoms with E-state index in [0.29, 0.717) is 56.4 Å². The van der Waals surface area contributed by atoms with Crippen LogP contribution in [0.4, 0.5) is 5.95 Å². The molecule has 0 radical (unpaired) electrons. The molecule has 1 fully saturated rings. The maximum absolute atomic E-state index is 12.9. The molecule has 1 aliphatic rings. The minimum absolute atomic E-state index is 0.231. The minimum Gasteiger partial charge on any atom is -0.465 e. The molecule has 10 heteroatoms. The first-order valence-corrected chi connectivity index (χ1v) is 11.8. The van der Waals surface area contributed by atoms with Crippen molar-refractivity contribution >= 4 is 33.9 Å². The molecule has 0 unspecified atom stereocenters. The second kappa shape index (κ2) is 9.38. The van der Waals surface area contributed by atoms with Crippen LogP contribution in [-0.2, 0) is 23.1 Å². The number of piperazine rings is 1. The van der Waals surface area contributed by atoms with E-state index >= 15 is 0 Å². The highest BCUT2D eigenvalue weighted by Gasteiger charge is 2.26. The molecule has 1 aliphatic heterocycles. The maximum atomic E-state index is 12.9. The Hall–Kier alpha value is -3.92. The van der Waals surface area contributed by atoms with Crippen molar-refractivity contribution in [3.8, 4) is 0 Å². The van der Waals surface area contributed by atoms with E-state index in [1.54, 1.807) is 14.0 Å². The molecule has 1 saturated heterocycles. The molecule has 0 bridgehead atoms. The van der Waals surface area contributed by atoms with Crippen molar-refractivity contribution in [3.05, 3.63) is 68.9 Å². The number of hydrogen-bond donors (Lipinski definition) is 1. The van der Waals surface area contributed by atoms with Gasteiger partial charge in [-0.15, -0.1) is 0 Å². The van der Waals surface area contributed by atoms with Crippen LogP contribution in [-0.4, -0.2) is 69.3 Å². The van der Waals surface area contributed by atoms with Gasteiger partial charge in [0.25, 0.3) is 5.56 Å². The zero-order chi connectivity index (χ0) is 24.5. The molecule has 4 aromatic rings. The van der Waals surface area contributed by atoms with Gasteiger partial charge in [-0.3, -0.25) is 28.6 Å². The Bertz CT molecular complexity index is 1500. The second-order valence-corrected chi connectivity index (χ2v) is 8.69. The molecule has 2 aromatic carbocycles. The molecule has 182 valence electrons. The molecule has 0 saturated carbocycles. The molecule has 1 N–H and O–H groups in total. The number of hydrogen-bond acceptors (Lipinski definition) is 7. The first-order chi connectivity index (χ1) is 17.0. The quantitative estimate of drug-likeness (QED) is 0.418. The number of imidazole rings is 1. The summed E-state index contributed by atoms with van der Waals surface area (Å²) in [6, 6.07) is 14.2. The third-order valence-corrected chi connectivity index (χ3v) is 6.51. The van der Waals surface area contributed by atoms with Crippen molar-refractivity contribution in [2.75, 3.05) is 44.2 Å². The number of aryl methyl sites for hydroxylation is 1. The summed E-state index contributed by atoms with van der Waals surface area (Å²) in [5.41, 5.74) is 0.816. The van der Waals surface area contributed by atoms with Gasteiger partial charge < -0.3 is 9.64 Å². The van der Waals surface area contributed by atoms with Crippen LogP contribution in [0.1, 0.15) is 12.5 Å². The second-order valence-electron chi connectivity index (χ2n) is 8.69. The van der Waals surface area contributed by atoms with Crippen molar-refractivity contribution in [3.63, 3.8) is 0 Å². The van der Waals surface area contributed by atoms with Gasteiger partial charge in [0.05, 0.1) is 19.7 Å². The van der Waals surface area contributed by atoms with E-state index in [0.717, 1.165) is 16.3 Å². The summed E-state index contributed by atoms with van der Waals surface area (Å²) in [5.74, 6) is 0.404. The highest BCUT2D eigenvalue weighted by atomic mass is 16.5. The SMILES string of the molecule is CCOC(=O)CN1CCN(c2nc3c(c(=O)[nH]c(=O)n3C)n2Cc2cccc3ccccc23)CC1. The first-order valence-electron chi connectivity index (χ1n) is 11.8. The summed E-state index contributed by atoms with van der Waals surface area (Å²) in [5, 5.41) is 2.22. The summed E-state index contributed by atoms with van der Waals surface area (Å²) in [6.07, 6.45) is 0. The Morgan fingerprint density at radius 2 is 1.80 bits per heavy atom. The molecule has 0 atom stereocenters. The largest absolute Gasteiger partial charge is 0.465 e. The van der Waals surface area contributed by atoms with Gasteiger partial charge in [-0.05, 0) is 23.3 Å². The average Bonchev–Trinajstić information content (AvgIpc) is 3.23. The fourth-order valence-electron chi connectivity index (χ4n) is 4.71. The number of carbonyl (C=O) groups excluding carboxylic acids is 1. The Morgan fingerprint density at radius 3 is 2.57 bits per heavy atom. The Kier molecular flexibility index (Phi) is 6.12. The topological polar surface area (TPSA) is 105 Å². The van der Waals surface area contributed by atoms with Crippen molar-refractivity contribution in [1.82, 2.24) is 24.0 Å². The van der Waals surface area contributed by atoms with Crippen molar-refractivity contribution in [1.29, 1.82) is 0 Å². The molecule has 35 heavy (non-hydrogen) atoms. The summed E-state index contributed by atoms with van der Waals surface area (Å²) in [6.45, 7) is 5.42. The number of ether oxygens (including phenoxy) is 1. The maximum Gasteiger partial charge on any atom is 0.329 e. The van der Waals surface area contributed by atoms with Crippen LogP contribution in [0.5, 0.6) is 0 Å². The van der Waals surface area contributed by atoms with Crippen LogP contribution in [0.2, 0.25) is 0 Å². The molecule has 2 aromatic heterocycles. The highest BCUT2D eigenvalue weighted by molar-refractivity contribution is 5.86. The Labute approximate surface area is 201 Å². The minimum atomic E-state index is -0.497. The van der Waals surface area contributed by atoms with Crippen LogP contribution in [0.15, 0.2) is 52.1 Å². The van der Waals surface area contributed by atoms with E-state index in [2.05, 4.69) is 33.0 Å². The van der Waals surface area contributed by atoms with E-state index in [1.807, 2.05) is 28.8 Å². The van der Waals surface area contributed by atoms with Gasteiger partial charge in [0, 0.05) is 33.2 Å². The number of benzene rings is 2. The average molecular weight is 477 g/mol. The molecule has 0 amide bonds. The van der Waals surface area contributed by atoms with E-state index < -0.39 is 11.2 Å². The zero-order valence-electron chi connectivity index (χ0n) is 19.9. The number of H-pyrrole nitrogens is 1. The number of nitrogens with zero attached hydrogens (tertiary/aromatic N) is 5. The van der Waals surface area contributed by atoms with Crippen molar-refractivity contribution in [2.45, 2.75) is 13.5 Å². The third-order valence-electron chi connectivity index (χ3n) is 6.51. The molecular weight excluding hydrogens is 448 g/mol. The molecule has 0 spiro atoms. The molecular formula is C25H28N6O4. The zero-order valence-corrected chi connectivity index (χ0v) is 19.9.